The lowest BCUT2D eigenvalue weighted by molar-refractivity contribution is -0.128. The van der Waals surface area contributed by atoms with Crippen molar-refractivity contribution in [2.75, 3.05) is 18.8 Å². The first-order valence-electron chi connectivity index (χ1n) is 7.69. The lowest BCUT2D eigenvalue weighted by atomic mass is 10.2. The Morgan fingerprint density at radius 3 is 2.92 bits per heavy atom. The van der Waals surface area contributed by atoms with Gasteiger partial charge in [0.2, 0.25) is 5.91 Å². The Balaban J connectivity index is 0.00000144. The van der Waals surface area contributed by atoms with E-state index < -0.39 is 0 Å². The van der Waals surface area contributed by atoms with Crippen molar-refractivity contribution in [3.05, 3.63) is 35.8 Å². The quantitative estimate of drug-likeness (QED) is 0.851. The maximum atomic E-state index is 12.2. The van der Waals surface area contributed by atoms with Gasteiger partial charge in [-0.15, -0.1) is 36.6 Å². The molecule has 0 bridgehead atoms. The van der Waals surface area contributed by atoms with Crippen molar-refractivity contribution < 1.29 is 4.79 Å². The van der Waals surface area contributed by atoms with Gasteiger partial charge in [-0.25, -0.2) is 4.98 Å². The van der Waals surface area contributed by atoms with E-state index in [2.05, 4.69) is 24.2 Å². The largest absolute Gasteiger partial charge is 0.338 e. The third-order valence-corrected chi connectivity index (χ3v) is 5.04. The van der Waals surface area contributed by atoms with Crippen LogP contribution in [0.2, 0.25) is 0 Å². The molecule has 134 valence electrons. The highest BCUT2D eigenvalue weighted by molar-refractivity contribution is 7.99. The Hall–Kier alpha value is -0.950. The molecule has 3 rings (SSSR count). The molecule has 0 spiro atoms. The number of halogens is 2. The Morgan fingerprint density at radius 1 is 1.38 bits per heavy atom. The predicted octanol–water partition coefficient (Wildman–Crippen LogP) is 2.67. The lowest BCUT2D eigenvalue weighted by Gasteiger charge is -2.23. The number of nitrogens with zero attached hydrogens (tertiary/aromatic N) is 3. The van der Waals surface area contributed by atoms with Crippen molar-refractivity contribution in [1.82, 2.24) is 14.3 Å². The van der Waals surface area contributed by atoms with Crippen LogP contribution in [-0.2, 0) is 10.5 Å². The third kappa shape index (κ3) is 4.79. The first kappa shape index (κ1) is 21.1. The second-order valence-electron chi connectivity index (χ2n) is 5.82. The summed E-state index contributed by atoms with van der Waals surface area (Å²) in [6, 6.07) is 4.32. The van der Waals surface area contributed by atoms with E-state index in [4.69, 9.17) is 5.73 Å². The van der Waals surface area contributed by atoms with E-state index >= 15 is 0 Å². The second-order valence-corrected chi connectivity index (χ2v) is 6.80. The summed E-state index contributed by atoms with van der Waals surface area (Å²) in [5, 5.41) is 0. The van der Waals surface area contributed by atoms with Crippen LogP contribution in [0.3, 0.4) is 0 Å². The highest BCUT2D eigenvalue weighted by Gasteiger charge is 2.27. The van der Waals surface area contributed by atoms with E-state index in [0.29, 0.717) is 12.3 Å². The van der Waals surface area contributed by atoms with Crippen molar-refractivity contribution >= 4 is 48.1 Å². The van der Waals surface area contributed by atoms with Gasteiger partial charge < -0.3 is 15.0 Å². The number of nitrogens with two attached hydrogens (primary N) is 1. The number of amides is 1. The normalized spacial score (nSPS) is 16.8. The number of hydrogen-bond donors (Lipinski definition) is 1. The molecule has 2 N–H and O–H groups in total. The van der Waals surface area contributed by atoms with Gasteiger partial charge in [0.15, 0.2) is 0 Å². The first-order chi connectivity index (χ1) is 10.7. The predicted molar refractivity (Wildman–Crippen MR) is 104 cm³/mol. The summed E-state index contributed by atoms with van der Waals surface area (Å²) in [5.41, 5.74) is 8.90. The summed E-state index contributed by atoms with van der Waals surface area (Å²) in [6.07, 6.45) is 6.22. The summed E-state index contributed by atoms with van der Waals surface area (Å²) in [5.74, 6) is 1.47. The fraction of sp³-hybridized carbons (Fsp3) is 0.500. The minimum atomic E-state index is 0. The molecule has 0 aromatic carbocycles. The first-order valence-corrected chi connectivity index (χ1v) is 8.84. The number of hydrogen-bond acceptors (Lipinski definition) is 4. The Bertz CT molecular complexity index is 679. The molecule has 24 heavy (non-hydrogen) atoms. The van der Waals surface area contributed by atoms with Crippen LogP contribution >= 0.6 is 36.6 Å². The number of thioether (sulfide) groups is 1. The molecule has 0 radical (unpaired) electrons. The third-order valence-electron chi connectivity index (χ3n) is 4.09. The van der Waals surface area contributed by atoms with Crippen molar-refractivity contribution in [3.8, 4) is 0 Å². The van der Waals surface area contributed by atoms with Crippen LogP contribution in [0.5, 0.6) is 0 Å². The fourth-order valence-corrected chi connectivity index (χ4v) is 3.75. The molecule has 1 amide bonds. The van der Waals surface area contributed by atoms with Gasteiger partial charge in [-0.3, -0.25) is 4.79 Å². The molecule has 3 heterocycles. The van der Waals surface area contributed by atoms with Crippen molar-refractivity contribution in [2.24, 2.45) is 5.73 Å². The Labute approximate surface area is 159 Å². The zero-order valence-electron chi connectivity index (χ0n) is 13.7. The van der Waals surface area contributed by atoms with Gasteiger partial charge in [0.05, 0.1) is 11.4 Å². The molecule has 8 heteroatoms. The minimum Gasteiger partial charge on any atom is -0.338 e. The highest BCUT2D eigenvalue weighted by Crippen LogP contribution is 2.19. The number of fused-ring (bicyclic) bond motifs is 1. The minimum absolute atomic E-state index is 0. The van der Waals surface area contributed by atoms with E-state index in [1.54, 1.807) is 11.8 Å². The van der Waals surface area contributed by atoms with Crippen molar-refractivity contribution in [3.63, 3.8) is 0 Å². The molecule has 1 atom stereocenters. The van der Waals surface area contributed by atoms with Crippen LogP contribution in [0.25, 0.3) is 5.65 Å². The van der Waals surface area contributed by atoms with Gasteiger partial charge in [-0.1, -0.05) is 6.07 Å². The standard InChI is InChI=1S/C16H22N4OS.2ClH/c1-12-4-5-15-18-13(9-19(15)8-12)10-22-11-16(21)20-6-2-3-14(20)7-17;;/h4-5,8-9,14H,2-3,6-7,10-11,17H2,1H3;2*1H. The zero-order chi connectivity index (χ0) is 15.5. The monoisotopic (exact) mass is 390 g/mol. The molecular weight excluding hydrogens is 367 g/mol. The lowest BCUT2D eigenvalue weighted by Crippen LogP contribution is -2.40. The Morgan fingerprint density at radius 2 is 2.17 bits per heavy atom. The topological polar surface area (TPSA) is 63.6 Å². The maximum Gasteiger partial charge on any atom is 0.232 e. The molecule has 2 aromatic rings. The fourth-order valence-electron chi connectivity index (χ4n) is 2.96. The van der Waals surface area contributed by atoms with Gasteiger partial charge >= 0.3 is 0 Å². The molecule has 1 fully saturated rings. The van der Waals surface area contributed by atoms with Gasteiger partial charge in [0.1, 0.15) is 5.65 Å². The average molecular weight is 391 g/mol. The Kier molecular flexibility index (Phi) is 8.36. The average Bonchev–Trinajstić information content (AvgIpc) is 3.12. The van der Waals surface area contributed by atoms with E-state index in [9.17, 15) is 4.79 Å². The van der Waals surface area contributed by atoms with Crippen LogP contribution in [0.4, 0.5) is 0 Å². The number of carbonyl (C=O) groups excluding carboxylic acids is 1. The van der Waals surface area contributed by atoms with Crippen molar-refractivity contribution in [2.45, 2.75) is 31.6 Å². The van der Waals surface area contributed by atoms with Crippen LogP contribution in [-0.4, -0.2) is 45.1 Å². The van der Waals surface area contributed by atoms with Crippen molar-refractivity contribution in [1.29, 1.82) is 0 Å². The van der Waals surface area contributed by atoms with Crippen LogP contribution < -0.4 is 5.73 Å². The number of aryl methyl sites for hydroxylation is 1. The molecule has 0 saturated carbocycles. The van der Waals surface area contributed by atoms with E-state index in [0.717, 1.165) is 36.5 Å². The molecular formula is C16H24Cl2N4OS. The van der Waals surface area contributed by atoms with Crippen LogP contribution in [0.15, 0.2) is 24.5 Å². The summed E-state index contributed by atoms with van der Waals surface area (Å²) >= 11 is 1.63. The molecule has 1 aliphatic rings. The van der Waals surface area contributed by atoms with E-state index in [1.807, 2.05) is 21.6 Å². The van der Waals surface area contributed by atoms with E-state index in [1.165, 1.54) is 5.56 Å². The van der Waals surface area contributed by atoms with Gasteiger partial charge in [-0.2, -0.15) is 0 Å². The van der Waals surface area contributed by atoms with E-state index in [-0.39, 0.29) is 36.8 Å². The molecule has 0 aliphatic carbocycles. The summed E-state index contributed by atoms with van der Waals surface area (Å²) < 4.78 is 2.04. The summed E-state index contributed by atoms with van der Waals surface area (Å²) in [7, 11) is 0. The second kappa shape index (κ2) is 9.51. The maximum absolute atomic E-state index is 12.2. The molecule has 5 nitrogen and oxygen atoms in total. The SMILES string of the molecule is Cc1ccc2nc(CSCC(=O)N3CCCC3CN)cn2c1.Cl.Cl. The number of imidazole rings is 1. The summed E-state index contributed by atoms with van der Waals surface area (Å²) in [6.45, 7) is 3.49. The van der Waals surface area contributed by atoms with Crippen LogP contribution in [0, 0.1) is 6.92 Å². The zero-order valence-corrected chi connectivity index (χ0v) is 16.1. The number of aromatic nitrogens is 2. The molecule has 1 aliphatic heterocycles. The highest BCUT2D eigenvalue weighted by atomic mass is 35.5. The number of pyridine rings is 1. The number of rotatable bonds is 5. The van der Waals surface area contributed by atoms with Gasteiger partial charge in [-0.05, 0) is 31.4 Å². The number of likely N-dealkylation sites (tertiary alicyclic amines) is 1. The van der Waals surface area contributed by atoms with Gasteiger partial charge in [0, 0.05) is 37.3 Å². The molecule has 2 aromatic heterocycles. The smallest absolute Gasteiger partial charge is 0.232 e. The number of carbonyl (C=O) groups is 1. The molecule has 1 saturated heterocycles. The summed E-state index contributed by atoms with van der Waals surface area (Å²) in [4.78, 5) is 18.8. The van der Waals surface area contributed by atoms with Gasteiger partial charge in [0.25, 0.3) is 0 Å². The molecule has 1 unspecified atom stereocenters. The van der Waals surface area contributed by atoms with Crippen LogP contribution in [0.1, 0.15) is 24.1 Å².